The number of carbonyl (C=O) groups excluding carboxylic acids is 1. The lowest BCUT2D eigenvalue weighted by molar-refractivity contribution is -0.383. The van der Waals surface area contributed by atoms with E-state index in [4.69, 9.17) is 4.74 Å². The maximum Gasteiger partial charge on any atom is 0.412 e. The average molecular weight is 435 g/mol. The van der Waals surface area contributed by atoms with Gasteiger partial charge in [-0.1, -0.05) is 0 Å². The van der Waals surface area contributed by atoms with E-state index in [1.165, 1.54) is 22.8 Å². The second kappa shape index (κ2) is 6.91. The highest BCUT2D eigenvalue weighted by Gasteiger charge is 2.22. The third kappa shape index (κ3) is 4.19. The number of ether oxygens (including phenoxy) is 1. The van der Waals surface area contributed by atoms with Gasteiger partial charge in [0, 0.05) is 23.9 Å². The van der Waals surface area contributed by atoms with Crippen LogP contribution in [0.2, 0.25) is 0 Å². The van der Waals surface area contributed by atoms with Gasteiger partial charge in [0.2, 0.25) is 4.73 Å². The van der Waals surface area contributed by atoms with Crippen LogP contribution in [0, 0.1) is 10.1 Å². The van der Waals surface area contributed by atoms with Crippen molar-refractivity contribution in [1.82, 2.24) is 19.6 Å². The molecule has 0 radical (unpaired) electrons. The van der Waals surface area contributed by atoms with E-state index in [1.54, 1.807) is 32.9 Å². The summed E-state index contributed by atoms with van der Waals surface area (Å²) in [6.07, 6.45) is 0.753. The summed E-state index contributed by atoms with van der Waals surface area (Å²) < 4.78 is 6.97. The van der Waals surface area contributed by atoms with Crippen molar-refractivity contribution in [1.29, 1.82) is 0 Å². The van der Waals surface area contributed by atoms with Crippen molar-refractivity contribution in [2.45, 2.75) is 26.4 Å². The van der Waals surface area contributed by atoms with Crippen molar-refractivity contribution in [2.75, 3.05) is 5.32 Å². The van der Waals surface area contributed by atoms with E-state index in [1.807, 2.05) is 0 Å². The van der Waals surface area contributed by atoms with Crippen molar-refractivity contribution < 1.29 is 14.5 Å². The minimum Gasteiger partial charge on any atom is -0.444 e. The topological polar surface area (TPSA) is 125 Å². The highest BCUT2D eigenvalue weighted by Crippen LogP contribution is 2.30. The monoisotopic (exact) mass is 434 g/mol. The van der Waals surface area contributed by atoms with Crippen LogP contribution in [0.15, 0.2) is 35.2 Å². The van der Waals surface area contributed by atoms with Gasteiger partial charge in [0.1, 0.15) is 11.3 Å². The van der Waals surface area contributed by atoms with Gasteiger partial charge < -0.3 is 4.74 Å². The zero-order valence-corrected chi connectivity index (χ0v) is 16.2. The summed E-state index contributed by atoms with van der Waals surface area (Å²) in [7, 11) is 0. The molecule has 0 atom stereocenters. The molecule has 0 aliphatic rings. The van der Waals surface area contributed by atoms with E-state index in [0.29, 0.717) is 21.8 Å². The lowest BCUT2D eigenvalue weighted by Gasteiger charge is -2.19. The predicted octanol–water partition coefficient (Wildman–Crippen LogP) is 3.81. The number of carbonyl (C=O) groups is 1. The van der Waals surface area contributed by atoms with Crippen molar-refractivity contribution in [3.05, 3.63) is 45.3 Å². The fourth-order valence-electron chi connectivity index (χ4n) is 2.33. The normalized spacial score (nSPS) is 11.4. The molecule has 0 unspecified atom stereocenters. The summed E-state index contributed by atoms with van der Waals surface area (Å²) in [6, 6.07) is 5.99. The number of fused-ring (bicyclic) bond motifs is 1. The van der Waals surface area contributed by atoms with Crippen molar-refractivity contribution >= 4 is 39.0 Å². The first kappa shape index (κ1) is 18.7. The summed E-state index contributed by atoms with van der Waals surface area (Å²) in [5.41, 5.74) is -0.0232. The number of hydrogen-bond acceptors (Lipinski definition) is 7. The summed E-state index contributed by atoms with van der Waals surface area (Å²) in [4.78, 5) is 31.2. The van der Waals surface area contributed by atoms with Crippen molar-refractivity contribution in [2.24, 2.45) is 0 Å². The van der Waals surface area contributed by atoms with Crippen LogP contribution in [-0.4, -0.2) is 36.2 Å². The highest BCUT2D eigenvalue weighted by molar-refractivity contribution is 9.10. The smallest absolute Gasteiger partial charge is 0.412 e. The minimum atomic E-state index is -0.779. The number of nitrogens with zero attached hydrogens (tertiary/aromatic N) is 5. The first-order chi connectivity index (χ1) is 12.6. The number of amides is 1. The molecule has 0 spiro atoms. The number of hydrogen-bond donors (Lipinski definition) is 1. The molecule has 2 aromatic heterocycles. The third-order valence-electron chi connectivity index (χ3n) is 3.32. The van der Waals surface area contributed by atoms with Crippen LogP contribution in [0.4, 0.5) is 16.2 Å². The van der Waals surface area contributed by atoms with Gasteiger partial charge in [0.05, 0.1) is 4.92 Å². The minimum absolute atomic E-state index is 0.0185. The van der Waals surface area contributed by atoms with Crippen molar-refractivity contribution in [3.63, 3.8) is 0 Å². The molecule has 2 heterocycles. The molecular weight excluding hydrogens is 420 g/mol. The van der Waals surface area contributed by atoms with Crippen LogP contribution < -0.4 is 5.32 Å². The molecule has 11 heteroatoms. The van der Waals surface area contributed by atoms with Gasteiger partial charge in [-0.2, -0.15) is 4.52 Å². The Labute approximate surface area is 161 Å². The number of anilines is 1. The van der Waals surface area contributed by atoms with Crippen LogP contribution >= 0.6 is 15.9 Å². The Morgan fingerprint density at radius 3 is 2.74 bits per heavy atom. The zero-order valence-electron chi connectivity index (χ0n) is 14.6. The second-order valence-corrected chi connectivity index (χ2v) is 7.24. The fourth-order valence-corrected chi connectivity index (χ4v) is 2.67. The molecule has 3 aromatic rings. The van der Waals surface area contributed by atoms with E-state index in [2.05, 4.69) is 36.3 Å². The largest absolute Gasteiger partial charge is 0.444 e. The summed E-state index contributed by atoms with van der Waals surface area (Å²) in [5.74, 6) is 0.373. The Morgan fingerprint density at radius 2 is 2.07 bits per heavy atom. The van der Waals surface area contributed by atoms with Crippen LogP contribution in [0.5, 0.6) is 0 Å². The molecule has 0 saturated carbocycles. The molecule has 27 heavy (non-hydrogen) atoms. The second-order valence-electron chi connectivity index (χ2n) is 6.54. The maximum absolute atomic E-state index is 11.9. The molecule has 1 aromatic carbocycles. The highest BCUT2D eigenvalue weighted by atomic mass is 79.9. The number of halogens is 1. The number of nitro benzene ring substituents is 1. The summed E-state index contributed by atoms with van der Waals surface area (Å²) in [6.45, 7) is 5.10. The van der Waals surface area contributed by atoms with Gasteiger partial charge >= 0.3 is 6.09 Å². The number of nitro groups is 1. The summed E-state index contributed by atoms with van der Waals surface area (Å²) >= 11 is 3.19. The Kier molecular flexibility index (Phi) is 4.79. The lowest BCUT2D eigenvalue weighted by atomic mass is 10.1. The van der Waals surface area contributed by atoms with Gasteiger partial charge in [0.15, 0.2) is 11.5 Å². The maximum atomic E-state index is 11.9. The Morgan fingerprint density at radius 1 is 1.33 bits per heavy atom. The third-order valence-corrected chi connectivity index (χ3v) is 3.65. The fraction of sp³-hybridized carbons (Fsp3) is 0.250. The molecule has 0 aliphatic heterocycles. The van der Waals surface area contributed by atoms with Gasteiger partial charge in [-0.05, 0) is 48.8 Å². The number of rotatable bonds is 3. The molecule has 0 fully saturated rings. The molecule has 140 valence electrons. The first-order valence-electron chi connectivity index (χ1n) is 7.80. The SMILES string of the molecule is CC(C)(C)OC(=O)Nc1ccc(-c2nccc3nc(Br)nn23)cc1[N+](=O)[O-]. The van der Waals surface area contributed by atoms with Crippen LogP contribution in [0.3, 0.4) is 0 Å². The quantitative estimate of drug-likeness (QED) is 0.490. The molecule has 0 aliphatic carbocycles. The summed E-state index contributed by atoms with van der Waals surface area (Å²) in [5, 5.41) is 18.1. The van der Waals surface area contributed by atoms with E-state index in [0.717, 1.165) is 0 Å². The molecule has 0 saturated heterocycles. The molecule has 10 nitrogen and oxygen atoms in total. The van der Waals surface area contributed by atoms with Crippen molar-refractivity contribution in [3.8, 4) is 11.4 Å². The predicted molar refractivity (Wildman–Crippen MR) is 100 cm³/mol. The van der Waals surface area contributed by atoms with Crippen LogP contribution in [0.25, 0.3) is 17.0 Å². The zero-order chi connectivity index (χ0) is 19.8. The molecular formula is C16H15BrN6O4. The Hall–Kier alpha value is -3.08. The van der Waals surface area contributed by atoms with Crippen LogP contribution in [-0.2, 0) is 4.74 Å². The number of nitrogens with one attached hydrogen (secondary N) is 1. The van der Waals surface area contributed by atoms with E-state index in [9.17, 15) is 14.9 Å². The van der Waals surface area contributed by atoms with Gasteiger partial charge in [0.25, 0.3) is 5.69 Å². The Balaban J connectivity index is 2.01. The molecule has 1 N–H and O–H groups in total. The van der Waals surface area contributed by atoms with Gasteiger partial charge in [-0.3, -0.25) is 15.4 Å². The molecule has 3 rings (SSSR count). The lowest BCUT2D eigenvalue weighted by Crippen LogP contribution is -2.27. The first-order valence-corrected chi connectivity index (χ1v) is 8.59. The molecule has 0 bridgehead atoms. The Bertz CT molecular complexity index is 1040. The molecule has 1 amide bonds. The van der Waals surface area contributed by atoms with E-state index in [-0.39, 0.29) is 11.4 Å². The van der Waals surface area contributed by atoms with Gasteiger partial charge in [-0.25, -0.2) is 14.8 Å². The van der Waals surface area contributed by atoms with E-state index < -0.39 is 16.6 Å². The average Bonchev–Trinajstić information content (AvgIpc) is 2.93. The van der Waals surface area contributed by atoms with E-state index >= 15 is 0 Å². The van der Waals surface area contributed by atoms with Gasteiger partial charge in [-0.15, -0.1) is 5.10 Å². The number of aromatic nitrogens is 4. The van der Waals surface area contributed by atoms with Crippen LogP contribution in [0.1, 0.15) is 20.8 Å². The standard InChI is InChI=1S/C16H15BrN6O4/c1-16(2,3)27-15(24)19-10-5-4-9(8-11(10)23(25)26)13-18-7-6-12-20-14(17)21-22(12)13/h4-8H,1-3H3,(H,19,24). The number of benzene rings is 1.